The van der Waals surface area contributed by atoms with Crippen LogP contribution in [0.2, 0.25) is 0 Å². The third-order valence-corrected chi connectivity index (χ3v) is 1.30. The summed E-state index contributed by atoms with van der Waals surface area (Å²) in [6.07, 6.45) is -4.36. The maximum absolute atomic E-state index is 12.0. The number of rotatable bonds is 0. The SMILES string of the molecule is [C-]#[N+]c1cccc(C(F)(F)F)c1.[Cl-].[Cl-]. The molecule has 0 N–H and O–H groups in total. The Balaban J connectivity index is 0. The molecule has 14 heavy (non-hydrogen) atoms. The van der Waals surface area contributed by atoms with E-state index < -0.39 is 11.7 Å². The van der Waals surface area contributed by atoms with Gasteiger partial charge in [-0.1, -0.05) is 18.2 Å². The lowest BCUT2D eigenvalue weighted by Crippen LogP contribution is -3.00. The van der Waals surface area contributed by atoms with E-state index in [4.69, 9.17) is 6.57 Å². The number of halogens is 5. The lowest BCUT2D eigenvalue weighted by molar-refractivity contribution is -0.137. The normalized spacial score (nSPS) is 9.29. The van der Waals surface area contributed by atoms with Gasteiger partial charge >= 0.3 is 6.18 Å². The standard InChI is InChI=1S/C8H4F3N.2ClH/c1-12-7-4-2-3-6(5-7)8(9,10)11;;/h2-5H;2*1H/p-2. The van der Waals surface area contributed by atoms with Crippen LogP contribution in [0.3, 0.4) is 0 Å². The molecular formula is C8H4Cl2F3N-2. The van der Waals surface area contributed by atoms with Gasteiger partial charge < -0.3 is 24.8 Å². The highest BCUT2D eigenvalue weighted by Gasteiger charge is 2.29. The Bertz CT molecular complexity index is 330. The summed E-state index contributed by atoms with van der Waals surface area (Å²) in [7, 11) is 0. The van der Waals surface area contributed by atoms with Crippen molar-refractivity contribution in [1.82, 2.24) is 0 Å². The Hall–Kier alpha value is -0.920. The summed E-state index contributed by atoms with van der Waals surface area (Å²) in [5.74, 6) is 0. The van der Waals surface area contributed by atoms with Crippen LogP contribution < -0.4 is 24.8 Å². The fraction of sp³-hybridized carbons (Fsp3) is 0.125. The fourth-order valence-electron chi connectivity index (χ4n) is 0.752. The van der Waals surface area contributed by atoms with Crippen LogP contribution in [-0.2, 0) is 6.18 Å². The van der Waals surface area contributed by atoms with E-state index in [0.29, 0.717) is 0 Å². The molecule has 0 atom stereocenters. The van der Waals surface area contributed by atoms with Gasteiger partial charge in [0.05, 0.1) is 6.57 Å². The van der Waals surface area contributed by atoms with Crippen molar-refractivity contribution in [2.45, 2.75) is 6.18 Å². The van der Waals surface area contributed by atoms with E-state index in [1.54, 1.807) is 0 Å². The summed E-state index contributed by atoms with van der Waals surface area (Å²) in [5.41, 5.74) is -0.777. The number of hydrogen-bond donors (Lipinski definition) is 0. The van der Waals surface area contributed by atoms with Crippen molar-refractivity contribution < 1.29 is 38.0 Å². The molecule has 0 saturated carbocycles. The molecule has 1 aromatic rings. The molecule has 1 nitrogen and oxygen atoms in total. The molecule has 0 amide bonds. The topological polar surface area (TPSA) is 4.36 Å². The van der Waals surface area contributed by atoms with Crippen molar-refractivity contribution in [2.24, 2.45) is 0 Å². The lowest BCUT2D eigenvalue weighted by atomic mass is 10.2. The van der Waals surface area contributed by atoms with Crippen molar-refractivity contribution in [3.05, 3.63) is 41.2 Å². The summed E-state index contributed by atoms with van der Waals surface area (Å²) >= 11 is 0. The highest BCUT2D eigenvalue weighted by Crippen LogP contribution is 2.31. The van der Waals surface area contributed by atoms with Gasteiger partial charge in [-0.2, -0.15) is 13.2 Å². The summed E-state index contributed by atoms with van der Waals surface area (Å²) < 4.78 is 36.0. The number of nitrogens with zero attached hydrogens (tertiary/aromatic N) is 1. The van der Waals surface area contributed by atoms with E-state index in [1.165, 1.54) is 12.1 Å². The molecule has 0 spiro atoms. The summed E-state index contributed by atoms with van der Waals surface area (Å²) in [5, 5.41) is 0. The van der Waals surface area contributed by atoms with Gasteiger partial charge in [0.1, 0.15) is 0 Å². The number of alkyl halides is 3. The molecule has 78 valence electrons. The van der Waals surface area contributed by atoms with Crippen LogP contribution in [0.5, 0.6) is 0 Å². The third-order valence-electron chi connectivity index (χ3n) is 1.30. The Morgan fingerprint density at radius 3 is 2.14 bits per heavy atom. The van der Waals surface area contributed by atoms with E-state index in [-0.39, 0.29) is 30.5 Å². The minimum atomic E-state index is -4.36. The zero-order chi connectivity index (χ0) is 9.19. The number of hydrogen-bond acceptors (Lipinski definition) is 0. The van der Waals surface area contributed by atoms with Gasteiger partial charge in [-0.05, 0) is 6.07 Å². The average molecular weight is 242 g/mol. The smallest absolute Gasteiger partial charge is 0.415 e. The summed E-state index contributed by atoms with van der Waals surface area (Å²) in [6.45, 7) is 6.50. The predicted octanol–water partition coefficient (Wildman–Crippen LogP) is -2.74. The molecule has 0 unspecified atom stereocenters. The second-order valence-corrected chi connectivity index (χ2v) is 2.16. The Kier molecular flexibility index (Phi) is 6.37. The van der Waals surface area contributed by atoms with Gasteiger partial charge in [0.25, 0.3) is 0 Å². The van der Waals surface area contributed by atoms with Crippen LogP contribution in [-0.4, -0.2) is 0 Å². The van der Waals surface area contributed by atoms with Crippen LogP contribution in [0.4, 0.5) is 18.9 Å². The van der Waals surface area contributed by atoms with Crippen LogP contribution in [0.15, 0.2) is 24.3 Å². The maximum atomic E-state index is 12.0. The molecule has 1 rings (SSSR count). The zero-order valence-corrected chi connectivity index (χ0v) is 8.16. The first-order chi connectivity index (χ1) is 5.54. The molecule has 0 fully saturated rings. The molecule has 1 aromatic carbocycles. The molecule has 0 heterocycles. The molecule has 0 saturated heterocycles. The molecule has 6 heteroatoms. The summed E-state index contributed by atoms with van der Waals surface area (Å²) in [6, 6.07) is 4.32. The van der Waals surface area contributed by atoms with Crippen LogP contribution in [0.1, 0.15) is 5.56 Å². The maximum Gasteiger partial charge on any atom is 0.415 e. The van der Waals surface area contributed by atoms with Gasteiger partial charge in [-0.3, -0.25) is 0 Å². The van der Waals surface area contributed by atoms with Gasteiger partial charge in [0.2, 0.25) is 0 Å². The second kappa shape index (κ2) is 5.74. The quantitative estimate of drug-likeness (QED) is 0.435. The van der Waals surface area contributed by atoms with Gasteiger partial charge in [-0.25, -0.2) is 4.85 Å². The van der Waals surface area contributed by atoms with E-state index in [0.717, 1.165) is 12.1 Å². The molecule has 0 aliphatic heterocycles. The van der Waals surface area contributed by atoms with E-state index in [1.807, 2.05) is 0 Å². The van der Waals surface area contributed by atoms with Gasteiger partial charge in [0, 0.05) is 5.56 Å². The van der Waals surface area contributed by atoms with Gasteiger partial charge in [-0.15, -0.1) is 0 Å². The first-order valence-electron chi connectivity index (χ1n) is 3.09. The third kappa shape index (κ3) is 3.86. The van der Waals surface area contributed by atoms with Crippen molar-refractivity contribution in [1.29, 1.82) is 0 Å². The molecular weight excluding hydrogens is 238 g/mol. The number of benzene rings is 1. The molecule has 0 aromatic heterocycles. The van der Waals surface area contributed by atoms with Crippen LogP contribution >= 0.6 is 0 Å². The average Bonchev–Trinajstić information content (AvgIpc) is 2.03. The van der Waals surface area contributed by atoms with Crippen molar-refractivity contribution in [2.75, 3.05) is 0 Å². The molecule has 0 radical (unpaired) electrons. The monoisotopic (exact) mass is 241 g/mol. The molecule has 0 bridgehead atoms. The van der Waals surface area contributed by atoms with E-state index in [2.05, 4.69) is 4.85 Å². The van der Waals surface area contributed by atoms with Crippen LogP contribution in [0, 0.1) is 6.57 Å². The first-order valence-corrected chi connectivity index (χ1v) is 3.09. The second-order valence-electron chi connectivity index (χ2n) is 2.16. The van der Waals surface area contributed by atoms with Crippen LogP contribution in [0.25, 0.3) is 4.85 Å². The van der Waals surface area contributed by atoms with Crippen molar-refractivity contribution in [3.8, 4) is 0 Å². The Morgan fingerprint density at radius 2 is 1.71 bits per heavy atom. The van der Waals surface area contributed by atoms with Crippen molar-refractivity contribution >= 4 is 5.69 Å². The highest BCUT2D eigenvalue weighted by atomic mass is 35.5. The summed E-state index contributed by atoms with van der Waals surface area (Å²) in [4.78, 5) is 2.89. The van der Waals surface area contributed by atoms with E-state index in [9.17, 15) is 13.2 Å². The Labute approximate surface area is 91.6 Å². The first kappa shape index (κ1) is 15.5. The van der Waals surface area contributed by atoms with E-state index >= 15 is 0 Å². The largest absolute Gasteiger partial charge is 1.00 e. The predicted molar refractivity (Wildman–Crippen MR) is 37.7 cm³/mol. The molecule has 0 aliphatic carbocycles. The van der Waals surface area contributed by atoms with Crippen molar-refractivity contribution in [3.63, 3.8) is 0 Å². The fourth-order valence-corrected chi connectivity index (χ4v) is 0.752. The minimum absolute atomic E-state index is 0. The zero-order valence-electron chi connectivity index (χ0n) is 6.65. The minimum Gasteiger partial charge on any atom is -1.00 e. The van der Waals surface area contributed by atoms with Gasteiger partial charge in [0.15, 0.2) is 5.69 Å². The molecule has 0 aliphatic rings. The lowest BCUT2D eigenvalue weighted by Gasteiger charge is -2.05. The Morgan fingerprint density at radius 1 is 1.14 bits per heavy atom. The highest BCUT2D eigenvalue weighted by molar-refractivity contribution is 5.47.